The van der Waals surface area contributed by atoms with Crippen LogP contribution in [-0.4, -0.2) is 40.6 Å². The number of benzene rings is 1. The number of ether oxygens (including phenoxy) is 1. The summed E-state index contributed by atoms with van der Waals surface area (Å²) in [4.78, 5) is 13.2. The summed E-state index contributed by atoms with van der Waals surface area (Å²) in [6.07, 6.45) is 7.12. The van der Waals surface area contributed by atoms with Crippen molar-refractivity contribution in [1.29, 1.82) is 0 Å². The van der Waals surface area contributed by atoms with E-state index in [2.05, 4.69) is 31.7 Å². The predicted octanol–water partition coefficient (Wildman–Crippen LogP) is 3.93. The average molecular weight is 421 g/mol. The molecule has 0 unspecified atom stereocenters. The number of hydrogen-bond acceptors (Lipinski definition) is 7. The molecular weight excluding hydrogens is 397 g/mol. The normalized spacial score (nSPS) is 17.1. The van der Waals surface area contributed by atoms with Crippen molar-refractivity contribution < 1.29 is 14.2 Å². The topological polar surface area (TPSA) is 91.7 Å². The summed E-state index contributed by atoms with van der Waals surface area (Å²) in [6, 6.07) is 5.19. The van der Waals surface area contributed by atoms with Crippen LogP contribution in [0.3, 0.4) is 0 Å². The van der Waals surface area contributed by atoms with Gasteiger partial charge in [0.1, 0.15) is 17.5 Å². The second-order valence-corrected chi connectivity index (χ2v) is 8.11. The Balaban J connectivity index is 1.40. The Bertz CT molecular complexity index is 1120. The highest BCUT2D eigenvalue weighted by Crippen LogP contribution is 2.38. The first-order chi connectivity index (χ1) is 15.1. The van der Waals surface area contributed by atoms with Crippen LogP contribution < -0.4 is 15.4 Å². The van der Waals surface area contributed by atoms with Crippen LogP contribution in [0.2, 0.25) is 0 Å². The molecule has 2 heterocycles. The lowest BCUT2D eigenvalue weighted by Gasteiger charge is -2.12. The number of nitrogens with zero attached hydrogens (tertiary/aromatic N) is 3. The number of amidine groups is 1. The first-order valence-corrected chi connectivity index (χ1v) is 10.5. The molecule has 1 aromatic carbocycles. The lowest BCUT2D eigenvalue weighted by atomic mass is 10.1. The van der Waals surface area contributed by atoms with Crippen molar-refractivity contribution in [1.82, 2.24) is 9.97 Å². The lowest BCUT2D eigenvalue weighted by Crippen LogP contribution is -2.12. The van der Waals surface area contributed by atoms with Crippen molar-refractivity contribution in [2.45, 2.75) is 26.2 Å². The number of aliphatic hydroxyl groups is 1. The average Bonchev–Trinajstić information content (AvgIpc) is 3.38. The molecule has 8 heteroatoms. The number of anilines is 2. The molecule has 1 aromatic heterocycles. The van der Waals surface area contributed by atoms with Gasteiger partial charge in [-0.1, -0.05) is 17.7 Å². The maximum Gasteiger partial charge on any atom is 0.326 e. The van der Waals surface area contributed by atoms with Crippen molar-refractivity contribution >= 4 is 23.5 Å². The Hall–Kier alpha value is -3.26. The van der Waals surface area contributed by atoms with E-state index in [9.17, 15) is 4.39 Å². The van der Waals surface area contributed by atoms with E-state index >= 15 is 0 Å². The molecule has 1 saturated carbocycles. The highest BCUT2D eigenvalue weighted by molar-refractivity contribution is 6.05. The van der Waals surface area contributed by atoms with Crippen LogP contribution in [0, 0.1) is 11.7 Å². The molecule has 0 radical (unpaired) electrons. The Labute approximate surface area is 179 Å². The zero-order valence-corrected chi connectivity index (χ0v) is 17.3. The maximum atomic E-state index is 15.0. The van der Waals surface area contributed by atoms with Gasteiger partial charge in [-0.05, 0) is 55.4 Å². The third kappa shape index (κ3) is 4.29. The summed E-state index contributed by atoms with van der Waals surface area (Å²) in [6.45, 7) is 2.96. The van der Waals surface area contributed by atoms with E-state index in [1.807, 2.05) is 19.1 Å². The third-order valence-corrected chi connectivity index (χ3v) is 5.53. The number of allylic oxidation sites excluding steroid dienone is 1. The molecule has 1 aliphatic heterocycles. The summed E-state index contributed by atoms with van der Waals surface area (Å²) >= 11 is 0. The molecule has 5 rings (SSSR count). The molecular formula is C23H24FN5O2. The number of halogens is 1. The van der Waals surface area contributed by atoms with Crippen LogP contribution in [0.1, 0.15) is 30.9 Å². The minimum absolute atomic E-state index is 0.00739. The highest BCUT2D eigenvalue weighted by atomic mass is 19.1. The lowest BCUT2D eigenvalue weighted by molar-refractivity contribution is 0.311. The van der Waals surface area contributed by atoms with E-state index in [1.54, 1.807) is 12.1 Å². The molecule has 3 aliphatic rings. The van der Waals surface area contributed by atoms with E-state index in [0.29, 0.717) is 36.2 Å². The van der Waals surface area contributed by atoms with Crippen molar-refractivity contribution in [2.24, 2.45) is 10.9 Å². The second-order valence-electron chi connectivity index (χ2n) is 8.11. The van der Waals surface area contributed by atoms with Gasteiger partial charge in [-0.25, -0.2) is 4.39 Å². The Morgan fingerprint density at radius 3 is 2.84 bits per heavy atom. The fourth-order valence-electron chi connectivity index (χ4n) is 3.86. The zero-order chi connectivity index (χ0) is 21.4. The third-order valence-electron chi connectivity index (χ3n) is 5.53. The van der Waals surface area contributed by atoms with Gasteiger partial charge in [0, 0.05) is 18.2 Å². The molecule has 31 heavy (non-hydrogen) atoms. The first-order valence-electron chi connectivity index (χ1n) is 10.5. The SMILES string of the molecule is CC1=Cc2c(ccc(Oc3nc(NCCO)cc(NC4=NCC(C5CC5)=C4)n3)c2F)C1. The van der Waals surface area contributed by atoms with Crippen molar-refractivity contribution in [3.8, 4) is 11.8 Å². The molecule has 0 atom stereocenters. The summed E-state index contributed by atoms with van der Waals surface area (Å²) in [5.41, 5.74) is 3.96. The van der Waals surface area contributed by atoms with Gasteiger partial charge in [0.2, 0.25) is 0 Å². The quantitative estimate of drug-likeness (QED) is 0.627. The summed E-state index contributed by atoms with van der Waals surface area (Å²) < 4.78 is 20.7. The van der Waals surface area contributed by atoms with Gasteiger partial charge in [-0.2, -0.15) is 9.97 Å². The van der Waals surface area contributed by atoms with Gasteiger partial charge in [-0.3, -0.25) is 4.99 Å². The molecule has 0 bridgehead atoms. The monoisotopic (exact) mass is 421 g/mol. The van der Waals surface area contributed by atoms with Gasteiger partial charge in [0.05, 0.1) is 13.2 Å². The standard InChI is InChI=1S/C23H24FN5O2/c1-13-8-15-4-5-18(22(24)17(15)9-13)31-23-28-20(25-6-7-30)11-21(29-23)27-19-10-16(12-26-19)14-2-3-14/h4-5,9-11,14,30H,2-3,6-8,12H2,1H3,(H2,25,26,27,28,29). The van der Waals surface area contributed by atoms with Crippen LogP contribution in [-0.2, 0) is 6.42 Å². The van der Waals surface area contributed by atoms with E-state index in [1.165, 1.54) is 18.4 Å². The number of aliphatic hydroxyl groups excluding tert-OH is 1. The summed E-state index contributed by atoms with van der Waals surface area (Å²) in [5, 5.41) is 15.3. The van der Waals surface area contributed by atoms with Gasteiger partial charge in [0.15, 0.2) is 11.6 Å². The Kier molecular flexibility index (Phi) is 5.15. The van der Waals surface area contributed by atoms with Crippen LogP contribution in [0.25, 0.3) is 6.08 Å². The van der Waals surface area contributed by atoms with E-state index in [0.717, 1.165) is 23.4 Å². The van der Waals surface area contributed by atoms with Gasteiger partial charge < -0.3 is 20.5 Å². The summed E-state index contributed by atoms with van der Waals surface area (Å²) in [5.74, 6) is 2.00. The first kappa shape index (κ1) is 19.7. The van der Waals surface area contributed by atoms with E-state index in [-0.39, 0.29) is 18.4 Å². The zero-order valence-electron chi connectivity index (χ0n) is 17.3. The molecule has 2 aliphatic carbocycles. The smallest absolute Gasteiger partial charge is 0.326 e. The van der Waals surface area contributed by atoms with Crippen molar-refractivity contribution in [3.05, 3.63) is 52.4 Å². The Morgan fingerprint density at radius 2 is 2.03 bits per heavy atom. The minimum atomic E-state index is -0.418. The molecule has 0 saturated heterocycles. The number of fused-ring (bicyclic) bond motifs is 1. The van der Waals surface area contributed by atoms with Gasteiger partial charge in [-0.15, -0.1) is 0 Å². The molecule has 0 spiro atoms. The number of aromatic nitrogens is 2. The fraction of sp³-hybridized carbons (Fsp3) is 0.348. The van der Waals surface area contributed by atoms with Gasteiger partial charge >= 0.3 is 6.01 Å². The predicted molar refractivity (Wildman–Crippen MR) is 118 cm³/mol. The van der Waals surface area contributed by atoms with Gasteiger partial charge in [0.25, 0.3) is 0 Å². The number of hydrogen-bond donors (Lipinski definition) is 3. The number of rotatable bonds is 7. The number of nitrogens with one attached hydrogen (secondary N) is 2. The highest BCUT2D eigenvalue weighted by Gasteiger charge is 2.28. The Morgan fingerprint density at radius 1 is 1.19 bits per heavy atom. The van der Waals surface area contributed by atoms with E-state index < -0.39 is 5.82 Å². The molecule has 2 aromatic rings. The van der Waals surface area contributed by atoms with Crippen LogP contribution in [0.5, 0.6) is 11.8 Å². The minimum Gasteiger partial charge on any atom is -0.421 e. The molecule has 1 fully saturated rings. The molecule has 3 N–H and O–H groups in total. The van der Waals surface area contributed by atoms with Crippen LogP contribution >= 0.6 is 0 Å². The molecule has 0 amide bonds. The van der Waals surface area contributed by atoms with E-state index in [4.69, 9.17) is 9.84 Å². The van der Waals surface area contributed by atoms with Crippen LogP contribution in [0.15, 0.2) is 40.4 Å². The second kappa shape index (κ2) is 8.11. The maximum absolute atomic E-state index is 15.0. The van der Waals surface area contributed by atoms with Crippen LogP contribution in [0.4, 0.5) is 16.0 Å². The molecule has 160 valence electrons. The fourth-order valence-corrected chi connectivity index (χ4v) is 3.86. The summed E-state index contributed by atoms with van der Waals surface area (Å²) in [7, 11) is 0. The van der Waals surface area contributed by atoms with Crippen molar-refractivity contribution in [3.63, 3.8) is 0 Å². The number of aliphatic imine (C=N–C) groups is 1. The molecule has 7 nitrogen and oxygen atoms in total. The van der Waals surface area contributed by atoms with Crippen molar-refractivity contribution in [2.75, 3.05) is 30.3 Å². The largest absolute Gasteiger partial charge is 0.421 e.